The monoisotopic (exact) mass is 349 g/mol. The van der Waals surface area contributed by atoms with Crippen molar-refractivity contribution in [3.8, 4) is 5.69 Å². The number of rotatable bonds is 9. The van der Waals surface area contributed by atoms with Crippen molar-refractivity contribution in [2.45, 2.75) is 31.3 Å². The molecular formula is C16H23N5O2S. The number of methoxy groups -OCH3 is 1. The van der Waals surface area contributed by atoms with Crippen LogP contribution in [0.4, 0.5) is 0 Å². The van der Waals surface area contributed by atoms with Crippen LogP contribution >= 0.6 is 11.8 Å². The van der Waals surface area contributed by atoms with E-state index in [4.69, 9.17) is 4.74 Å². The van der Waals surface area contributed by atoms with E-state index >= 15 is 0 Å². The summed E-state index contributed by atoms with van der Waals surface area (Å²) in [4.78, 5) is 11.8. The van der Waals surface area contributed by atoms with Gasteiger partial charge in [-0.1, -0.05) is 37.7 Å². The highest BCUT2D eigenvalue weighted by Gasteiger charge is 2.11. The van der Waals surface area contributed by atoms with Crippen LogP contribution in [0.25, 0.3) is 5.69 Å². The number of aromatic nitrogens is 4. The van der Waals surface area contributed by atoms with Crippen LogP contribution in [-0.4, -0.2) is 52.1 Å². The number of tetrazole rings is 1. The molecular weight excluding hydrogens is 326 g/mol. The summed E-state index contributed by atoms with van der Waals surface area (Å²) in [6.45, 7) is 5.55. The van der Waals surface area contributed by atoms with Gasteiger partial charge in [0.25, 0.3) is 0 Å². The summed E-state index contributed by atoms with van der Waals surface area (Å²) >= 11 is 1.31. The fraction of sp³-hybridized carbons (Fsp3) is 0.500. The largest absolute Gasteiger partial charge is 0.385 e. The SMILES string of the molecule is COCCCNC(=O)CSc1nnnn1-c1ccc(C(C)C)cc1. The summed E-state index contributed by atoms with van der Waals surface area (Å²) in [5, 5.41) is 15.2. The topological polar surface area (TPSA) is 81.9 Å². The molecule has 0 atom stereocenters. The fourth-order valence-corrected chi connectivity index (χ4v) is 2.78. The molecule has 1 heterocycles. The molecule has 0 unspecified atom stereocenters. The van der Waals surface area contributed by atoms with Crippen molar-refractivity contribution in [3.63, 3.8) is 0 Å². The van der Waals surface area contributed by atoms with Crippen molar-refractivity contribution in [3.05, 3.63) is 29.8 Å². The number of benzene rings is 1. The number of hydrogen-bond donors (Lipinski definition) is 1. The number of amides is 1. The van der Waals surface area contributed by atoms with Crippen molar-refractivity contribution in [2.75, 3.05) is 26.0 Å². The summed E-state index contributed by atoms with van der Waals surface area (Å²) in [6.07, 6.45) is 0.798. The molecule has 0 fully saturated rings. The Labute approximate surface area is 146 Å². The third-order valence-corrected chi connectivity index (χ3v) is 4.34. The van der Waals surface area contributed by atoms with E-state index in [-0.39, 0.29) is 11.7 Å². The van der Waals surface area contributed by atoms with Gasteiger partial charge in [0.15, 0.2) is 0 Å². The van der Waals surface area contributed by atoms with E-state index in [1.807, 2.05) is 12.1 Å². The molecule has 1 amide bonds. The lowest BCUT2D eigenvalue weighted by molar-refractivity contribution is -0.118. The third kappa shape index (κ3) is 5.31. The molecule has 0 aliphatic rings. The lowest BCUT2D eigenvalue weighted by Gasteiger charge is -2.08. The molecule has 2 aromatic rings. The highest BCUT2D eigenvalue weighted by atomic mass is 32.2. The van der Waals surface area contributed by atoms with E-state index in [0.717, 1.165) is 12.1 Å². The number of hydrogen-bond acceptors (Lipinski definition) is 6. The Balaban J connectivity index is 1.91. The Bertz CT molecular complexity index is 642. The normalized spacial score (nSPS) is 11.0. The van der Waals surface area contributed by atoms with Crippen LogP contribution in [0.15, 0.2) is 29.4 Å². The second kappa shape index (κ2) is 9.39. The van der Waals surface area contributed by atoms with Gasteiger partial charge in [-0.2, -0.15) is 4.68 Å². The molecule has 7 nitrogen and oxygen atoms in total. The first-order valence-electron chi connectivity index (χ1n) is 7.89. The van der Waals surface area contributed by atoms with Crippen LogP contribution in [0.5, 0.6) is 0 Å². The van der Waals surface area contributed by atoms with Crippen molar-refractivity contribution >= 4 is 17.7 Å². The number of carbonyl (C=O) groups excluding carboxylic acids is 1. The number of ether oxygens (including phenoxy) is 1. The van der Waals surface area contributed by atoms with Gasteiger partial charge in [-0.25, -0.2) is 0 Å². The number of carbonyl (C=O) groups is 1. The van der Waals surface area contributed by atoms with Crippen LogP contribution in [0.3, 0.4) is 0 Å². The molecule has 0 aliphatic carbocycles. The van der Waals surface area contributed by atoms with Crippen LogP contribution in [0.1, 0.15) is 31.7 Å². The van der Waals surface area contributed by atoms with Crippen LogP contribution in [-0.2, 0) is 9.53 Å². The van der Waals surface area contributed by atoms with Gasteiger partial charge in [0, 0.05) is 20.3 Å². The van der Waals surface area contributed by atoms with Gasteiger partial charge in [-0.3, -0.25) is 4.79 Å². The van der Waals surface area contributed by atoms with Crippen molar-refractivity contribution in [1.29, 1.82) is 0 Å². The van der Waals surface area contributed by atoms with E-state index < -0.39 is 0 Å². The molecule has 8 heteroatoms. The van der Waals surface area contributed by atoms with Crippen molar-refractivity contribution in [1.82, 2.24) is 25.5 Å². The molecule has 2 rings (SSSR count). The highest BCUT2D eigenvalue weighted by Crippen LogP contribution is 2.20. The molecule has 0 aliphatic heterocycles. The second-order valence-electron chi connectivity index (χ2n) is 5.60. The molecule has 1 aromatic carbocycles. The molecule has 0 bridgehead atoms. The highest BCUT2D eigenvalue weighted by molar-refractivity contribution is 7.99. The summed E-state index contributed by atoms with van der Waals surface area (Å²) in [5.41, 5.74) is 2.14. The molecule has 0 saturated carbocycles. The molecule has 0 saturated heterocycles. The Kier molecular flexibility index (Phi) is 7.20. The first-order valence-corrected chi connectivity index (χ1v) is 8.87. The summed E-state index contributed by atoms with van der Waals surface area (Å²) in [6, 6.07) is 8.11. The summed E-state index contributed by atoms with van der Waals surface area (Å²) in [5.74, 6) is 0.710. The number of nitrogens with one attached hydrogen (secondary N) is 1. The average Bonchev–Trinajstić information content (AvgIpc) is 3.05. The van der Waals surface area contributed by atoms with E-state index in [9.17, 15) is 4.79 Å². The van der Waals surface area contributed by atoms with E-state index in [0.29, 0.717) is 24.2 Å². The molecule has 0 radical (unpaired) electrons. The first-order chi connectivity index (χ1) is 11.6. The minimum absolute atomic E-state index is 0.0409. The van der Waals surface area contributed by atoms with E-state index in [1.165, 1.54) is 17.3 Å². The Morgan fingerprint density at radius 2 is 2.08 bits per heavy atom. The zero-order chi connectivity index (χ0) is 17.4. The summed E-state index contributed by atoms with van der Waals surface area (Å²) in [7, 11) is 1.64. The molecule has 24 heavy (non-hydrogen) atoms. The van der Waals surface area contributed by atoms with Gasteiger partial charge in [0.2, 0.25) is 11.1 Å². The van der Waals surface area contributed by atoms with Gasteiger partial charge < -0.3 is 10.1 Å². The molecule has 0 spiro atoms. The van der Waals surface area contributed by atoms with E-state index in [2.05, 4.69) is 46.8 Å². The Morgan fingerprint density at radius 3 is 2.75 bits per heavy atom. The number of nitrogens with zero attached hydrogens (tertiary/aromatic N) is 4. The smallest absolute Gasteiger partial charge is 0.230 e. The van der Waals surface area contributed by atoms with Crippen LogP contribution < -0.4 is 5.32 Å². The predicted octanol–water partition coefficient (Wildman–Crippen LogP) is 2.03. The maximum atomic E-state index is 11.8. The zero-order valence-corrected chi connectivity index (χ0v) is 15.0. The van der Waals surface area contributed by atoms with Crippen molar-refractivity contribution in [2.24, 2.45) is 0 Å². The van der Waals surface area contributed by atoms with E-state index in [1.54, 1.807) is 11.8 Å². The second-order valence-corrected chi connectivity index (χ2v) is 6.55. The maximum Gasteiger partial charge on any atom is 0.230 e. The third-order valence-electron chi connectivity index (χ3n) is 3.42. The minimum atomic E-state index is -0.0409. The van der Waals surface area contributed by atoms with Crippen LogP contribution in [0, 0.1) is 0 Å². The van der Waals surface area contributed by atoms with Gasteiger partial charge >= 0.3 is 0 Å². The molecule has 1 N–H and O–H groups in total. The number of thioether (sulfide) groups is 1. The quantitative estimate of drug-likeness (QED) is 0.551. The van der Waals surface area contributed by atoms with Gasteiger partial charge in [0.05, 0.1) is 11.4 Å². The van der Waals surface area contributed by atoms with Crippen molar-refractivity contribution < 1.29 is 9.53 Å². The van der Waals surface area contributed by atoms with Gasteiger partial charge in [-0.15, -0.1) is 5.10 Å². The van der Waals surface area contributed by atoms with Gasteiger partial charge in [0.1, 0.15) is 0 Å². The fourth-order valence-electron chi connectivity index (χ4n) is 2.06. The standard InChI is InChI=1S/C16H23N5O2S/c1-12(2)13-5-7-14(8-6-13)21-16(18-19-20-21)24-11-15(22)17-9-4-10-23-3/h5-8,12H,4,9-11H2,1-3H3,(H,17,22). The average molecular weight is 349 g/mol. The Morgan fingerprint density at radius 1 is 1.33 bits per heavy atom. The maximum absolute atomic E-state index is 11.8. The lowest BCUT2D eigenvalue weighted by Crippen LogP contribution is -2.26. The molecule has 1 aromatic heterocycles. The zero-order valence-electron chi connectivity index (χ0n) is 14.2. The first kappa shape index (κ1) is 18.4. The lowest BCUT2D eigenvalue weighted by atomic mass is 10.0. The Hall–Kier alpha value is -1.93. The van der Waals surface area contributed by atoms with Gasteiger partial charge in [-0.05, 0) is 40.5 Å². The molecule has 130 valence electrons. The van der Waals surface area contributed by atoms with Crippen LogP contribution in [0.2, 0.25) is 0 Å². The predicted molar refractivity (Wildman–Crippen MR) is 93.5 cm³/mol. The minimum Gasteiger partial charge on any atom is -0.385 e. The summed E-state index contributed by atoms with van der Waals surface area (Å²) < 4.78 is 6.59.